The van der Waals surface area contributed by atoms with Crippen LogP contribution in [-0.2, 0) is 20.2 Å². The molecular formula is C20H38N2O8S3. The molecule has 1 rings (SSSR count). The normalized spacial score (nSPS) is 13.3. The molecule has 0 saturated carbocycles. The number of rotatable bonds is 16. The fraction of sp³-hybridized carbons (Fsp3) is 0.800. The first-order valence-corrected chi connectivity index (χ1v) is 14.7. The third kappa shape index (κ3) is 12.9. The van der Waals surface area contributed by atoms with Crippen LogP contribution in [0, 0.1) is 13.8 Å². The quantitative estimate of drug-likeness (QED) is 0.230. The van der Waals surface area contributed by atoms with Crippen molar-refractivity contribution in [3.05, 3.63) is 9.75 Å². The van der Waals surface area contributed by atoms with Crippen LogP contribution in [-0.4, -0.2) is 114 Å². The van der Waals surface area contributed by atoms with Crippen molar-refractivity contribution in [2.24, 2.45) is 0 Å². The molecule has 0 atom stereocenters. The summed E-state index contributed by atoms with van der Waals surface area (Å²) in [5.74, 6) is 0.667. The monoisotopic (exact) mass is 530 g/mol. The van der Waals surface area contributed by atoms with Crippen LogP contribution >= 0.6 is 11.3 Å². The predicted octanol–water partition coefficient (Wildman–Crippen LogP) is 1.15. The van der Waals surface area contributed by atoms with E-state index in [0.717, 1.165) is 9.75 Å². The van der Waals surface area contributed by atoms with Gasteiger partial charge in [-0.05, 0) is 13.8 Å². The summed E-state index contributed by atoms with van der Waals surface area (Å²) in [4.78, 5) is 2.00. The Kier molecular flexibility index (Phi) is 11.1. The van der Waals surface area contributed by atoms with Gasteiger partial charge in [-0.1, -0.05) is 0 Å². The zero-order chi connectivity index (χ0) is 25.5. The summed E-state index contributed by atoms with van der Waals surface area (Å²) < 4.78 is 77.9. The Labute approximate surface area is 202 Å². The van der Waals surface area contributed by atoms with Gasteiger partial charge in [0.1, 0.15) is 26.3 Å². The molecule has 0 aliphatic rings. The van der Waals surface area contributed by atoms with Crippen LogP contribution in [0.2, 0.25) is 0 Å². The number of hydrogen-bond donors (Lipinski definition) is 0. The Morgan fingerprint density at radius 3 is 1.33 bits per heavy atom. The van der Waals surface area contributed by atoms with Crippen LogP contribution in [0.15, 0.2) is 0 Å². The average molecular weight is 531 g/mol. The fourth-order valence-corrected chi connectivity index (χ4v) is 5.24. The van der Waals surface area contributed by atoms with Crippen LogP contribution in [0.4, 0.5) is 0 Å². The molecule has 0 saturated heterocycles. The smallest absolute Gasteiger partial charge is 0.175 e. The van der Waals surface area contributed by atoms with Gasteiger partial charge in [-0.25, -0.2) is 16.8 Å². The molecule has 0 radical (unpaired) electrons. The van der Waals surface area contributed by atoms with Gasteiger partial charge in [0.25, 0.3) is 0 Å². The fourth-order valence-electron chi connectivity index (χ4n) is 3.33. The Bertz CT molecular complexity index is 893. The molecule has 10 nitrogen and oxygen atoms in total. The average Bonchev–Trinajstić information content (AvgIpc) is 2.85. The van der Waals surface area contributed by atoms with Gasteiger partial charge in [0.15, 0.2) is 11.5 Å². The Morgan fingerprint density at radius 2 is 1.03 bits per heavy atom. The second kappa shape index (κ2) is 12.1. The third-order valence-electron chi connectivity index (χ3n) is 5.35. The van der Waals surface area contributed by atoms with E-state index in [-0.39, 0.29) is 11.5 Å². The van der Waals surface area contributed by atoms with Crippen LogP contribution in [0.25, 0.3) is 0 Å². The molecule has 0 spiro atoms. The van der Waals surface area contributed by atoms with Crippen molar-refractivity contribution in [1.82, 2.24) is 0 Å². The predicted molar refractivity (Wildman–Crippen MR) is 127 cm³/mol. The molecule has 1 aromatic rings. The lowest BCUT2D eigenvalue weighted by atomic mass is 10.3. The van der Waals surface area contributed by atoms with Crippen molar-refractivity contribution < 1.29 is 44.4 Å². The summed E-state index contributed by atoms with van der Waals surface area (Å²) in [5.41, 5.74) is 0. The van der Waals surface area contributed by atoms with Crippen LogP contribution in [0.3, 0.4) is 0 Å². The van der Waals surface area contributed by atoms with Gasteiger partial charge in [-0.2, -0.15) is 0 Å². The maximum Gasteiger partial charge on any atom is 0.175 e. The van der Waals surface area contributed by atoms with Crippen LogP contribution in [0.1, 0.15) is 22.6 Å². The number of quaternary nitrogens is 2. The molecule has 33 heavy (non-hydrogen) atoms. The molecule has 0 fully saturated rings. The van der Waals surface area contributed by atoms with Crippen molar-refractivity contribution in [2.75, 3.05) is 79.1 Å². The van der Waals surface area contributed by atoms with Crippen molar-refractivity contribution in [2.45, 2.75) is 26.7 Å². The summed E-state index contributed by atoms with van der Waals surface area (Å²) in [6.45, 7) is 7.13. The molecule has 0 aromatic carbocycles. The highest BCUT2D eigenvalue weighted by atomic mass is 32.2. The largest absolute Gasteiger partial charge is 0.748 e. The molecule has 1 aromatic heterocycles. The molecule has 0 bridgehead atoms. The molecule has 1 heterocycles. The lowest BCUT2D eigenvalue weighted by Crippen LogP contribution is -2.44. The molecule has 0 aliphatic heterocycles. The van der Waals surface area contributed by atoms with Gasteiger partial charge in [0, 0.05) is 34.1 Å². The minimum atomic E-state index is -4.20. The standard InChI is InChI=1S/C20H38N2O8S3/c1-17-19(29-13-11-21(3,4)9-7-15-32(23,24)25)20(18(2)31-17)30-14-12-22(5,6)10-8-16-33(26,27)28/h7-16H2,1-6H3. The summed E-state index contributed by atoms with van der Waals surface area (Å²) >= 11 is 1.58. The van der Waals surface area contributed by atoms with E-state index in [0.29, 0.717) is 72.7 Å². The summed E-state index contributed by atoms with van der Waals surface area (Å²) in [6.07, 6.45) is 0.608. The van der Waals surface area contributed by atoms with Crippen LogP contribution < -0.4 is 9.47 Å². The van der Waals surface area contributed by atoms with E-state index in [9.17, 15) is 25.9 Å². The topological polar surface area (TPSA) is 133 Å². The molecule has 0 N–H and O–H groups in total. The molecule has 0 amide bonds. The first-order valence-electron chi connectivity index (χ1n) is 10.8. The van der Waals surface area contributed by atoms with Crippen LogP contribution in [0.5, 0.6) is 11.5 Å². The van der Waals surface area contributed by atoms with Gasteiger partial charge in [0.2, 0.25) is 0 Å². The summed E-state index contributed by atoms with van der Waals surface area (Å²) in [7, 11) is -0.555. The number of hydrogen-bond acceptors (Lipinski definition) is 9. The zero-order valence-electron chi connectivity index (χ0n) is 20.5. The van der Waals surface area contributed by atoms with E-state index in [1.807, 2.05) is 42.0 Å². The molecule has 0 unspecified atom stereocenters. The van der Waals surface area contributed by atoms with Gasteiger partial charge >= 0.3 is 0 Å². The van der Waals surface area contributed by atoms with Gasteiger partial charge < -0.3 is 27.5 Å². The van der Waals surface area contributed by atoms with Crippen molar-refractivity contribution in [3.8, 4) is 11.5 Å². The van der Waals surface area contributed by atoms with E-state index < -0.39 is 20.2 Å². The second-order valence-corrected chi connectivity index (χ2v) is 14.0. The minimum absolute atomic E-state index is 0.304. The van der Waals surface area contributed by atoms with Gasteiger partial charge in [-0.15, -0.1) is 11.3 Å². The third-order valence-corrected chi connectivity index (χ3v) is 7.91. The number of thiophene rings is 1. The first kappa shape index (κ1) is 30.1. The second-order valence-electron chi connectivity index (χ2n) is 9.57. The Hall–Kier alpha value is -0.960. The maximum atomic E-state index is 10.8. The number of likely N-dealkylation sites (N-methyl/N-ethyl adjacent to an activating group) is 2. The highest BCUT2D eigenvalue weighted by Gasteiger charge is 2.21. The van der Waals surface area contributed by atoms with E-state index in [1.165, 1.54) is 0 Å². The maximum absolute atomic E-state index is 10.8. The molecular weight excluding hydrogens is 492 g/mol. The SMILES string of the molecule is Cc1sc(C)c(OCC[N+](C)(C)CCCS(=O)(=O)[O-])c1OCC[N+](C)(C)CCCS(=O)(=O)[O-]. The van der Waals surface area contributed by atoms with E-state index in [4.69, 9.17) is 9.47 Å². The molecule has 0 aliphatic carbocycles. The highest BCUT2D eigenvalue weighted by Crippen LogP contribution is 2.41. The summed E-state index contributed by atoms with van der Waals surface area (Å²) in [6, 6.07) is 0. The number of nitrogens with zero attached hydrogens (tertiary/aromatic N) is 2. The van der Waals surface area contributed by atoms with Crippen molar-refractivity contribution in [1.29, 1.82) is 0 Å². The van der Waals surface area contributed by atoms with Crippen molar-refractivity contribution >= 4 is 31.6 Å². The number of ether oxygens (including phenoxy) is 2. The van der Waals surface area contributed by atoms with Gasteiger partial charge in [0.05, 0.1) is 61.5 Å². The molecule has 13 heteroatoms. The van der Waals surface area contributed by atoms with E-state index in [2.05, 4.69) is 0 Å². The first-order chi connectivity index (χ1) is 14.9. The van der Waals surface area contributed by atoms with Gasteiger partial charge in [-0.3, -0.25) is 0 Å². The van der Waals surface area contributed by atoms with E-state index in [1.54, 1.807) is 11.3 Å². The lowest BCUT2D eigenvalue weighted by Gasteiger charge is -2.30. The van der Waals surface area contributed by atoms with Crippen molar-refractivity contribution in [3.63, 3.8) is 0 Å². The minimum Gasteiger partial charge on any atom is -0.748 e. The molecule has 194 valence electrons. The Morgan fingerprint density at radius 1 is 0.697 bits per heavy atom. The number of aryl methyl sites for hydroxylation is 2. The van der Waals surface area contributed by atoms with E-state index >= 15 is 0 Å². The highest BCUT2D eigenvalue weighted by molar-refractivity contribution is 7.85. The Balaban J connectivity index is 2.58. The summed E-state index contributed by atoms with van der Waals surface area (Å²) in [5, 5.41) is 0. The lowest BCUT2D eigenvalue weighted by molar-refractivity contribution is -0.890. The zero-order valence-corrected chi connectivity index (χ0v) is 22.9.